The van der Waals surface area contributed by atoms with E-state index in [1.165, 1.54) is 7.11 Å². The molecule has 2 aliphatic rings. The van der Waals surface area contributed by atoms with E-state index in [2.05, 4.69) is 47.0 Å². The van der Waals surface area contributed by atoms with E-state index in [4.69, 9.17) is 9.16 Å². The van der Waals surface area contributed by atoms with Crippen molar-refractivity contribution in [1.29, 1.82) is 0 Å². The van der Waals surface area contributed by atoms with Crippen LogP contribution >= 0.6 is 0 Å². The molecule has 3 N–H and O–H groups in total. The van der Waals surface area contributed by atoms with Crippen molar-refractivity contribution < 1.29 is 24.5 Å². The minimum Gasteiger partial charge on any atom is -0.504 e. The van der Waals surface area contributed by atoms with Gasteiger partial charge >= 0.3 is 0 Å². The van der Waals surface area contributed by atoms with Crippen molar-refractivity contribution in [3.8, 4) is 11.5 Å². The van der Waals surface area contributed by atoms with Crippen LogP contribution in [0, 0.1) is 23.7 Å². The second kappa shape index (κ2) is 8.97. The molecule has 7 atom stereocenters. The summed E-state index contributed by atoms with van der Waals surface area (Å²) < 4.78 is 12.0. The van der Waals surface area contributed by atoms with E-state index in [0.29, 0.717) is 11.3 Å². The van der Waals surface area contributed by atoms with Gasteiger partial charge in [0.1, 0.15) is 12.2 Å². The third-order valence-corrected chi connectivity index (χ3v) is 12.6. The lowest BCUT2D eigenvalue weighted by Crippen LogP contribution is -2.58. The zero-order valence-electron chi connectivity index (χ0n) is 20.3. The quantitative estimate of drug-likeness (QED) is 0.424. The van der Waals surface area contributed by atoms with E-state index in [1.807, 2.05) is 12.1 Å². The van der Waals surface area contributed by atoms with Crippen LogP contribution in [0.2, 0.25) is 18.1 Å². The summed E-state index contributed by atoms with van der Waals surface area (Å²) in [5.41, 5.74) is 1.69. The fraction of sp³-hybridized carbons (Fsp3) is 0.615. The molecule has 5 nitrogen and oxygen atoms in total. The Morgan fingerprint density at radius 2 is 1.88 bits per heavy atom. The Kier molecular flexibility index (Phi) is 7.02. The smallest absolute Gasteiger partial charge is 0.192 e. The third-order valence-electron chi connectivity index (χ3n) is 8.12. The van der Waals surface area contributed by atoms with Gasteiger partial charge in [-0.15, -0.1) is 6.58 Å². The number of benzene rings is 1. The average molecular weight is 461 g/mol. The maximum Gasteiger partial charge on any atom is 0.192 e. The van der Waals surface area contributed by atoms with Crippen LogP contribution in [0.25, 0.3) is 0 Å². The lowest BCUT2D eigenvalue weighted by atomic mass is 9.68. The van der Waals surface area contributed by atoms with Crippen LogP contribution in [0.15, 0.2) is 43.0 Å². The zero-order chi connectivity index (χ0) is 24.0. The first-order valence-electron chi connectivity index (χ1n) is 11.5. The van der Waals surface area contributed by atoms with Crippen molar-refractivity contribution in [2.75, 3.05) is 7.11 Å². The Hall–Kier alpha value is -1.60. The number of hydrogen-bond donors (Lipinski definition) is 3. The van der Waals surface area contributed by atoms with Gasteiger partial charge in [0, 0.05) is 0 Å². The van der Waals surface area contributed by atoms with Gasteiger partial charge in [-0.3, -0.25) is 0 Å². The zero-order valence-corrected chi connectivity index (χ0v) is 21.3. The van der Waals surface area contributed by atoms with Crippen LogP contribution < -0.4 is 4.74 Å². The van der Waals surface area contributed by atoms with Crippen molar-refractivity contribution in [3.05, 3.63) is 48.6 Å². The second-order valence-corrected chi connectivity index (χ2v) is 15.8. The van der Waals surface area contributed by atoms with E-state index in [0.717, 1.165) is 18.4 Å². The summed E-state index contributed by atoms with van der Waals surface area (Å²) in [6.45, 7) is 19.1. The van der Waals surface area contributed by atoms with Gasteiger partial charge in [-0.2, -0.15) is 0 Å². The van der Waals surface area contributed by atoms with Crippen LogP contribution in [0.4, 0.5) is 0 Å². The standard InChI is InChI=1S/C26H40O5Si/c1-9-17-14-18(12-16-10-11-20(30-6)19(27)13-16)22-21(17)15(2)23(28)24(29)25(22)31-32(7,8)26(3,4)5/h9-11,13,17-18,21-25,27-29H,1-2,12,14H2,3-8H3/t17-,18+,21+,22-,23-,24-,25-/m1/s1. The molecule has 3 rings (SSSR count). The third kappa shape index (κ3) is 4.43. The number of aliphatic hydroxyl groups excluding tert-OH is 2. The highest BCUT2D eigenvalue weighted by Gasteiger charge is 2.57. The van der Waals surface area contributed by atoms with Crippen molar-refractivity contribution in [1.82, 2.24) is 0 Å². The van der Waals surface area contributed by atoms with Gasteiger partial charge < -0.3 is 24.5 Å². The van der Waals surface area contributed by atoms with Gasteiger partial charge in [0.25, 0.3) is 0 Å². The first kappa shape index (κ1) is 25.0. The molecule has 178 valence electrons. The molecule has 6 heteroatoms. The number of hydrogen-bond acceptors (Lipinski definition) is 5. The predicted octanol–water partition coefficient (Wildman–Crippen LogP) is 4.68. The normalized spacial score (nSPS) is 33.1. The first-order valence-corrected chi connectivity index (χ1v) is 14.4. The molecule has 32 heavy (non-hydrogen) atoms. The number of ether oxygens (including phenoxy) is 1. The number of aromatic hydroxyl groups is 1. The minimum atomic E-state index is -2.20. The molecule has 0 spiro atoms. The van der Waals surface area contributed by atoms with Crippen molar-refractivity contribution in [2.45, 2.75) is 70.1 Å². The van der Waals surface area contributed by atoms with Crippen molar-refractivity contribution in [3.63, 3.8) is 0 Å². The Balaban J connectivity index is 1.99. The van der Waals surface area contributed by atoms with E-state index in [-0.39, 0.29) is 34.5 Å². The maximum atomic E-state index is 11.1. The monoisotopic (exact) mass is 460 g/mol. The van der Waals surface area contributed by atoms with Crippen LogP contribution in [-0.4, -0.2) is 49.1 Å². The molecule has 2 saturated carbocycles. The summed E-state index contributed by atoms with van der Waals surface area (Å²) in [6.07, 6.45) is 1.09. The molecule has 2 fully saturated rings. The Labute approximate surface area is 193 Å². The van der Waals surface area contributed by atoms with E-state index in [1.54, 1.807) is 12.1 Å². The van der Waals surface area contributed by atoms with Crippen LogP contribution in [0.3, 0.4) is 0 Å². The lowest BCUT2D eigenvalue weighted by molar-refractivity contribution is -0.100. The fourth-order valence-electron chi connectivity index (χ4n) is 5.34. The SMILES string of the molecule is C=C[C@@H]1C[C@H](Cc2ccc(OC)c(O)c2)[C@H]2[C@@H](O[Si](C)(C)C(C)(C)C)[C@H](O)[C@H](O)C(=C)[C@H]21. The molecule has 2 aliphatic carbocycles. The largest absolute Gasteiger partial charge is 0.504 e. The molecule has 0 aromatic heterocycles. The Bertz CT molecular complexity index is 858. The molecule has 0 unspecified atom stereocenters. The van der Waals surface area contributed by atoms with Gasteiger partial charge in [0.2, 0.25) is 0 Å². The molecule has 0 heterocycles. The summed E-state index contributed by atoms with van der Waals surface area (Å²) >= 11 is 0. The summed E-state index contributed by atoms with van der Waals surface area (Å²) in [5, 5.41) is 32.2. The van der Waals surface area contributed by atoms with Gasteiger partial charge in [0.05, 0.1) is 13.2 Å². The number of fused-ring (bicyclic) bond motifs is 1. The molecule has 0 amide bonds. The van der Waals surface area contributed by atoms with Gasteiger partial charge in [0.15, 0.2) is 19.8 Å². The predicted molar refractivity (Wildman–Crippen MR) is 130 cm³/mol. The minimum absolute atomic E-state index is 0.0116. The number of phenols is 1. The molecular weight excluding hydrogens is 420 g/mol. The number of methoxy groups -OCH3 is 1. The highest BCUT2D eigenvalue weighted by molar-refractivity contribution is 6.74. The molecule has 0 saturated heterocycles. The number of rotatable bonds is 6. The van der Waals surface area contributed by atoms with Gasteiger partial charge in [-0.25, -0.2) is 0 Å². The number of allylic oxidation sites excluding steroid dienone is 1. The first-order chi connectivity index (χ1) is 14.8. The molecule has 0 radical (unpaired) electrons. The summed E-state index contributed by atoms with van der Waals surface area (Å²) in [7, 11) is -0.668. The van der Waals surface area contributed by atoms with Gasteiger partial charge in [-0.1, -0.05) is 39.5 Å². The topological polar surface area (TPSA) is 79.2 Å². The van der Waals surface area contributed by atoms with Crippen molar-refractivity contribution in [2.24, 2.45) is 23.7 Å². The summed E-state index contributed by atoms with van der Waals surface area (Å²) in [4.78, 5) is 0. The van der Waals surface area contributed by atoms with Crippen LogP contribution in [0.5, 0.6) is 11.5 Å². The lowest BCUT2D eigenvalue weighted by Gasteiger charge is -2.49. The average Bonchev–Trinajstić information content (AvgIpc) is 3.07. The van der Waals surface area contributed by atoms with E-state index in [9.17, 15) is 15.3 Å². The summed E-state index contributed by atoms with van der Waals surface area (Å²) in [6, 6.07) is 5.51. The molecule has 0 bridgehead atoms. The van der Waals surface area contributed by atoms with Crippen molar-refractivity contribution >= 4 is 8.32 Å². The number of aliphatic hydroxyl groups is 2. The second-order valence-electron chi connectivity index (χ2n) is 11.1. The Morgan fingerprint density at radius 3 is 2.41 bits per heavy atom. The highest BCUT2D eigenvalue weighted by atomic mass is 28.4. The number of phenolic OH excluding ortho intramolecular Hbond substituents is 1. The highest BCUT2D eigenvalue weighted by Crippen LogP contribution is 2.55. The molecule has 1 aromatic rings. The fourth-order valence-corrected chi connectivity index (χ4v) is 6.67. The molecule has 0 aliphatic heterocycles. The summed E-state index contributed by atoms with van der Waals surface area (Å²) in [5.74, 6) is 0.962. The van der Waals surface area contributed by atoms with E-state index >= 15 is 0 Å². The molecular formula is C26H40O5Si. The molecule has 1 aromatic carbocycles. The van der Waals surface area contributed by atoms with Crippen LogP contribution in [0.1, 0.15) is 32.8 Å². The van der Waals surface area contributed by atoms with E-state index < -0.39 is 26.6 Å². The van der Waals surface area contributed by atoms with Crippen LogP contribution in [-0.2, 0) is 10.8 Å². The van der Waals surface area contributed by atoms with Gasteiger partial charge in [-0.05, 0) is 77.9 Å². The maximum absolute atomic E-state index is 11.1. The Morgan fingerprint density at radius 1 is 1.22 bits per heavy atom.